The van der Waals surface area contributed by atoms with E-state index in [-0.39, 0.29) is 46.1 Å². The highest BCUT2D eigenvalue weighted by Crippen LogP contribution is 2.37. The summed E-state index contributed by atoms with van der Waals surface area (Å²) in [6.45, 7) is -0.786. The molecule has 0 spiro atoms. The second-order valence-corrected chi connectivity index (χ2v) is 8.02. The minimum atomic E-state index is -4.66. The zero-order valence-electron chi connectivity index (χ0n) is 19.5. The number of carbonyl (C=O) groups is 1. The van der Waals surface area contributed by atoms with E-state index in [0.29, 0.717) is 5.56 Å². The van der Waals surface area contributed by atoms with Crippen molar-refractivity contribution in [3.63, 3.8) is 0 Å². The summed E-state index contributed by atoms with van der Waals surface area (Å²) in [4.78, 5) is 21.0. The van der Waals surface area contributed by atoms with E-state index in [9.17, 15) is 28.2 Å². The zero-order chi connectivity index (χ0) is 26.7. The van der Waals surface area contributed by atoms with Gasteiger partial charge in [-0.1, -0.05) is 30.3 Å². The third-order valence-corrected chi connectivity index (χ3v) is 5.69. The number of hydrogen-bond donors (Lipinski definition) is 4. The van der Waals surface area contributed by atoms with Crippen LogP contribution in [-0.4, -0.2) is 45.8 Å². The van der Waals surface area contributed by atoms with Gasteiger partial charge in [0, 0.05) is 10.9 Å². The molecule has 194 valence electrons. The molecule has 2 unspecified atom stereocenters. The molecule has 2 aromatic carbocycles. The molecular formula is C25H23F3N4O5. The molecular weight excluding hydrogens is 493 g/mol. The number of benzene rings is 2. The predicted octanol–water partition coefficient (Wildman–Crippen LogP) is 3.20. The Bertz CT molecular complexity index is 1410. The van der Waals surface area contributed by atoms with Gasteiger partial charge in [0.15, 0.2) is 11.5 Å². The Hall–Kier alpha value is -4.00. The van der Waals surface area contributed by atoms with E-state index >= 15 is 0 Å². The lowest BCUT2D eigenvalue weighted by Gasteiger charge is -2.22. The number of nitrogens with one attached hydrogen (secondary N) is 1. The van der Waals surface area contributed by atoms with Gasteiger partial charge in [0.25, 0.3) is 5.91 Å². The van der Waals surface area contributed by atoms with Crippen LogP contribution in [-0.2, 0) is 12.7 Å². The number of nitrogens with two attached hydrogens (primary N) is 1. The van der Waals surface area contributed by atoms with E-state index in [4.69, 9.17) is 14.9 Å². The number of aliphatic hydroxyl groups excluding tert-OH is 2. The van der Waals surface area contributed by atoms with Crippen LogP contribution in [0.4, 0.5) is 13.2 Å². The predicted molar refractivity (Wildman–Crippen MR) is 126 cm³/mol. The highest BCUT2D eigenvalue weighted by molar-refractivity contribution is 5.98. The van der Waals surface area contributed by atoms with E-state index in [0.717, 1.165) is 6.07 Å². The van der Waals surface area contributed by atoms with Crippen molar-refractivity contribution < 1.29 is 37.3 Å². The first-order valence-corrected chi connectivity index (χ1v) is 11.1. The molecule has 0 fully saturated rings. The van der Waals surface area contributed by atoms with Crippen LogP contribution in [0.1, 0.15) is 33.6 Å². The third-order valence-electron chi connectivity index (χ3n) is 5.69. The Balaban J connectivity index is 1.70. The van der Waals surface area contributed by atoms with E-state index in [1.165, 1.54) is 25.3 Å². The average Bonchev–Trinajstić information content (AvgIpc) is 3.34. The maximum absolute atomic E-state index is 13.2. The minimum Gasteiger partial charge on any atom is -0.494 e. The van der Waals surface area contributed by atoms with E-state index in [1.54, 1.807) is 30.3 Å². The number of hydrogen-bond acceptors (Lipinski definition) is 8. The van der Waals surface area contributed by atoms with Gasteiger partial charge in [-0.25, -0.2) is 9.97 Å². The number of nitrogens with zero attached hydrogens (tertiary/aromatic N) is 2. The monoisotopic (exact) mass is 516 g/mol. The van der Waals surface area contributed by atoms with E-state index < -0.39 is 36.5 Å². The Morgan fingerprint density at radius 2 is 1.86 bits per heavy atom. The molecule has 0 aliphatic carbocycles. The number of ether oxygens (including phenoxy) is 1. The lowest BCUT2D eigenvalue weighted by atomic mass is 10.0. The molecule has 2 aromatic heterocycles. The molecule has 0 bridgehead atoms. The number of methoxy groups -OCH3 is 1. The number of carbonyl (C=O) groups excluding carboxylic acids is 1. The molecule has 5 N–H and O–H groups in total. The van der Waals surface area contributed by atoms with Gasteiger partial charge in [-0.2, -0.15) is 13.2 Å². The number of oxazole rings is 1. The van der Waals surface area contributed by atoms with Gasteiger partial charge in [-0.3, -0.25) is 4.79 Å². The van der Waals surface area contributed by atoms with Gasteiger partial charge in [0.1, 0.15) is 23.1 Å². The molecule has 2 atom stereocenters. The molecule has 0 aliphatic rings. The standard InChI is InChI=1S/C25H23F3N4O5/c1-36-17-9-7-15(14-8-10-19(25(26,27)28)31-20(14)17)24-32-21(18(11-29)37-24)23(35)30-16(12-33)22(34)13-5-3-2-4-6-13/h2-10,16,22,33-34H,11-12,29H2,1H3,(H,30,35). The normalized spacial score (nSPS) is 13.4. The number of fused-ring (bicyclic) bond motifs is 1. The van der Waals surface area contributed by atoms with Crippen molar-refractivity contribution in [1.29, 1.82) is 0 Å². The van der Waals surface area contributed by atoms with Crippen molar-refractivity contribution in [2.24, 2.45) is 5.73 Å². The number of amides is 1. The van der Waals surface area contributed by atoms with E-state index in [1.807, 2.05) is 0 Å². The van der Waals surface area contributed by atoms with Crippen LogP contribution in [0.25, 0.3) is 22.4 Å². The minimum absolute atomic E-state index is 0.00206. The summed E-state index contributed by atoms with van der Waals surface area (Å²) in [5.74, 6) is -0.736. The van der Waals surface area contributed by atoms with Gasteiger partial charge < -0.3 is 30.4 Å². The van der Waals surface area contributed by atoms with Crippen LogP contribution in [0, 0.1) is 0 Å². The molecule has 0 saturated carbocycles. The van der Waals surface area contributed by atoms with Crippen molar-refractivity contribution in [1.82, 2.24) is 15.3 Å². The molecule has 37 heavy (non-hydrogen) atoms. The van der Waals surface area contributed by atoms with Crippen molar-refractivity contribution in [3.8, 4) is 17.2 Å². The average molecular weight is 516 g/mol. The van der Waals surface area contributed by atoms with Gasteiger partial charge >= 0.3 is 6.18 Å². The molecule has 12 heteroatoms. The summed E-state index contributed by atoms with van der Waals surface area (Å²) < 4.78 is 50.6. The summed E-state index contributed by atoms with van der Waals surface area (Å²) in [6, 6.07) is 12.4. The van der Waals surface area contributed by atoms with Crippen LogP contribution < -0.4 is 15.8 Å². The molecule has 0 saturated heterocycles. The topological polar surface area (TPSA) is 144 Å². The molecule has 4 rings (SSSR count). The highest BCUT2D eigenvalue weighted by atomic mass is 19.4. The smallest absolute Gasteiger partial charge is 0.433 e. The Kier molecular flexibility index (Phi) is 7.43. The molecule has 9 nitrogen and oxygen atoms in total. The lowest BCUT2D eigenvalue weighted by Crippen LogP contribution is -2.42. The van der Waals surface area contributed by atoms with Gasteiger partial charge in [0.2, 0.25) is 5.89 Å². The van der Waals surface area contributed by atoms with E-state index in [2.05, 4.69) is 15.3 Å². The van der Waals surface area contributed by atoms with Gasteiger partial charge in [-0.05, 0) is 29.8 Å². The number of alkyl halides is 3. The first kappa shape index (κ1) is 26.1. The highest BCUT2D eigenvalue weighted by Gasteiger charge is 2.33. The summed E-state index contributed by atoms with van der Waals surface area (Å²) in [7, 11) is 1.30. The maximum Gasteiger partial charge on any atom is 0.433 e. The van der Waals surface area contributed by atoms with Crippen molar-refractivity contribution in [2.45, 2.75) is 24.9 Å². The fourth-order valence-electron chi connectivity index (χ4n) is 3.83. The quantitative estimate of drug-likeness (QED) is 0.280. The third kappa shape index (κ3) is 5.26. The maximum atomic E-state index is 13.2. The molecule has 2 heterocycles. The molecule has 0 aliphatic heterocycles. The SMILES string of the molecule is COc1ccc(-c2nc(C(=O)NC(CO)C(O)c3ccccc3)c(CN)o2)c2ccc(C(F)(F)F)nc12. The Labute approximate surface area is 208 Å². The number of aromatic nitrogens is 2. The number of aliphatic hydroxyl groups is 2. The summed E-state index contributed by atoms with van der Waals surface area (Å²) in [6.07, 6.45) is -5.87. The van der Waals surface area contributed by atoms with Crippen molar-refractivity contribution in [2.75, 3.05) is 13.7 Å². The summed E-state index contributed by atoms with van der Waals surface area (Å²) in [5.41, 5.74) is 5.13. The first-order valence-electron chi connectivity index (χ1n) is 11.1. The largest absolute Gasteiger partial charge is 0.494 e. The fourth-order valence-corrected chi connectivity index (χ4v) is 3.83. The summed E-state index contributed by atoms with van der Waals surface area (Å²) in [5, 5.41) is 23.1. The van der Waals surface area contributed by atoms with Crippen LogP contribution >= 0.6 is 0 Å². The Morgan fingerprint density at radius 1 is 1.14 bits per heavy atom. The van der Waals surface area contributed by atoms with Crippen molar-refractivity contribution >= 4 is 16.8 Å². The van der Waals surface area contributed by atoms with Crippen LogP contribution in [0.15, 0.2) is 59.0 Å². The van der Waals surface area contributed by atoms with Gasteiger partial charge in [-0.15, -0.1) is 0 Å². The second-order valence-electron chi connectivity index (χ2n) is 8.02. The molecule has 4 aromatic rings. The van der Waals surface area contributed by atoms with Crippen LogP contribution in [0.2, 0.25) is 0 Å². The number of halogens is 3. The van der Waals surface area contributed by atoms with Crippen LogP contribution in [0.5, 0.6) is 5.75 Å². The molecule has 1 amide bonds. The number of pyridine rings is 1. The Morgan fingerprint density at radius 3 is 2.49 bits per heavy atom. The zero-order valence-corrected chi connectivity index (χ0v) is 19.5. The molecule has 0 radical (unpaired) electrons. The summed E-state index contributed by atoms with van der Waals surface area (Å²) >= 11 is 0. The lowest BCUT2D eigenvalue weighted by molar-refractivity contribution is -0.140. The van der Waals surface area contributed by atoms with Crippen molar-refractivity contribution in [3.05, 3.63) is 77.3 Å². The van der Waals surface area contributed by atoms with Crippen LogP contribution in [0.3, 0.4) is 0 Å². The second kappa shape index (κ2) is 10.5. The fraction of sp³-hybridized carbons (Fsp3) is 0.240. The first-order chi connectivity index (χ1) is 17.7. The van der Waals surface area contributed by atoms with Gasteiger partial charge in [0.05, 0.1) is 26.3 Å². The number of rotatable bonds is 8.